The van der Waals surface area contributed by atoms with Crippen molar-refractivity contribution in [1.29, 1.82) is 0 Å². The molecule has 0 spiro atoms. The second-order valence-electron chi connectivity index (χ2n) is 9.92. The van der Waals surface area contributed by atoms with Gasteiger partial charge in [0.15, 0.2) is 0 Å². The molecule has 0 aliphatic carbocycles. The SMILES string of the molecule is O=C1CCC(N2C(=O)c3ccc(N4CCC5C(C4)NC(=O)N5C4CCNCC4)cc3C2=O)C(=O)N1. The maximum atomic E-state index is 13.2. The van der Waals surface area contributed by atoms with Crippen molar-refractivity contribution in [1.82, 2.24) is 25.8 Å². The normalized spacial score (nSPS) is 29.3. The Hall–Kier alpha value is -3.47. The third kappa shape index (κ3) is 3.56. The van der Waals surface area contributed by atoms with E-state index in [0.29, 0.717) is 6.54 Å². The highest BCUT2D eigenvalue weighted by Crippen LogP contribution is 2.34. The van der Waals surface area contributed by atoms with Crippen molar-refractivity contribution in [3.05, 3.63) is 29.3 Å². The molecule has 4 saturated heterocycles. The van der Waals surface area contributed by atoms with Gasteiger partial charge in [0.1, 0.15) is 6.04 Å². The van der Waals surface area contributed by atoms with Crippen LogP contribution in [0.1, 0.15) is 52.8 Å². The van der Waals surface area contributed by atoms with E-state index in [-0.39, 0.29) is 48.1 Å². The molecule has 4 fully saturated rings. The van der Waals surface area contributed by atoms with Gasteiger partial charge in [-0.2, -0.15) is 0 Å². The van der Waals surface area contributed by atoms with Crippen molar-refractivity contribution in [2.24, 2.45) is 0 Å². The first kappa shape index (κ1) is 22.0. The lowest BCUT2D eigenvalue weighted by Gasteiger charge is -2.41. The van der Waals surface area contributed by atoms with E-state index < -0.39 is 29.7 Å². The average Bonchev–Trinajstić information content (AvgIpc) is 3.32. The second-order valence-corrected chi connectivity index (χ2v) is 9.92. The fourth-order valence-electron chi connectivity index (χ4n) is 6.21. The zero-order valence-corrected chi connectivity index (χ0v) is 19.3. The fourth-order valence-corrected chi connectivity index (χ4v) is 6.21. The van der Waals surface area contributed by atoms with Crippen LogP contribution in [0.3, 0.4) is 0 Å². The Morgan fingerprint density at radius 3 is 2.43 bits per heavy atom. The predicted molar refractivity (Wildman–Crippen MR) is 124 cm³/mol. The standard InChI is InChI=1S/C24H28N6O5/c31-20-4-3-19(21(32)27-20)30-22(33)15-2-1-14(11-16(15)23(30)34)28-10-7-18-17(12-28)26-24(35)29(18)13-5-8-25-9-6-13/h1-2,11,13,17-19,25H,3-10,12H2,(H,26,35)(H,27,31,32). The Kier molecular flexibility index (Phi) is 5.24. The summed E-state index contributed by atoms with van der Waals surface area (Å²) in [6.45, 7) is 3.20. The van der Waals surface area contributed by atoms with Gasteiger partial charge in [-0.05, 0) is 57.0 Å². The lowest BCUT2D eigenvalue weighted by molar-refractivity contribution is -0.136. The number of piperidine rings is 3. The molecule has 1 aromatic carbocycles. The Labute approximate surface area is 202 Å². The number of imide groups is 2. The van der Waals surface area contributed by atoms with Gasteiger partial charge in [0.2, 0.25) is 11.8 Å². The largest absolute Gasteiger partial charge is 0.369 e. The number of nitrogens with zero attached hydrogens (tertiary/aromatic N) is 3. The van der Waals surface area contributed by atoms with E-state index in [2.05, 4.69) is 20.9 Å². The molecule has 3 unspecified atom stereocenters. The lowest BCUT2D eigenvalue weighted by atomic mass is 9.95. The first-order valence-corrected chi connectivity index (χ1v) is 12.3. The molecule has 5 aliphatic rings. The van der Waals surface area contributed by atoms with Crippen LogP contribution in [0.4, 0.5) is 10.5 Å². The van der Waals surface area contributed by atoms with E-state index in [1.165, 1.54) is 0 Å². The maximum Gasteiger partial charge on any atom is 0.318 e. The smallest absolute Gasteiger partial charge is 0.318 e. The molecular formula is C24H28N6O5. The van der Waals surface area contributed by atoms with Gasteiger partial charge in [0.25, 0.3) is 11.8 Å². The van der Waals surface area contributed by atoms with E-state index in [1.54, 1.807) is 12.1 Å². The molecule has 11 heteroatoms. The summed E-state index contributed by atoms with van der Waals surface area (Å²) in [6.07, 6.45) is 2.96. The summed E-state index contributed by atoms with van der Waals surface area (Å²) in [5, 5.41) is 8.72. The lowest BCUT2D eigenvalue weighted by Crippen LogP contribution is -2.54. The number of hydrogen-bond acceptors (Lipinski definition) is 7. The van der Waals surface area contributed by atoms with Crippen LogP contribution in [0, 0.1) is 0 Å². The van der Waals surface area contributed by atoms with Gasteiger partial charge >= 0.3 is 6.03 Å². The quantitative estimate of drug-likeness (QED) is 0.511. The first-order valence-electron chi connectivity index (χ1n) is 12.3. The van der Waals surface area contributed by atoms with Crippen LogP contribution in [0.15, 0.2) is 18.2 Å². The molecule has 0 radical (unpaired) electrons. The van der Waals surface area contributed by atoms with Gasteiger partial charge in [-0.15, -0.1) is 0 Å². The van der Waals surface area contributed by atoms with Crippen LogP contribution < -0.4 is 20.9 Å². The molecule has 184 valence electrons. The Morgan fingerprint density at radius 1 is 0.886 bits per heavy atom. The van der Waals surface area contributed by atoms with Crippen LogP contribution in [0.25, 0.3) is 0 Å². The van der Waals surface area contributed by atoms with Crippen LogP contribution >= 0.6 is 0 Å². The summed E-state index contributed by atoms with van der Waals surface area (Å²) in [7, 11) is 0. The third-order valence-electron chi connectivity index (χ3n) is 7.97. The summed E-state index contributed by atoms with van der Waals surface area (Å²) in [5.74, 6) is -2.03. The van der Waals surface area contributed by atoms with E-state index in [4.69, 9.17) is 0 Å². The molecule has 0 saturated carbocycles. The molecule has 6 amide bonds. The minimum atomic E-state index is -0.978. The van der Waals surface area contributed by atoms with Crippen LogP contribution in [-0.2, 0) is 9.59 Å². The monoisotopic (exact) mass is 480 g/mol. The molecule has 11 nitrogen and oxygen atoms in total. The fraction of sp³-hybridized carbons (Fsp3) is 0.542. The van der Waals surface area contributed by atoms with Gasteiger partial charge < -0.3 is 20.4 Å². The molecule has 3 atom stereocenters. The molecule has 0 bridgehead atoms. The Morgan fingerprint density at radius 2 is 1.66 bits per heavy atom. The number of fused-ring (bicyclic) bond motifs is 2. The number of anilines is 1. The first-order chi connectivity index (χ1) is 16.9. The number of benzene rings is 1. The minimum absolute atomic E-state index is 0.00306. The van der Waals surface area contributed by atoms with E-state index >= 15 is 0 Å². The molecule has 1 aromatic rings. The van der Waals surface area contributed by atoms with Crippen molar-refractivity contribution in [3.63, 3.8) is 0 Å². The Balaban J connectivity index is 1.19. The summed E-state index contributed by atoms with van der Waals surface area (Å²) in [4.78, 5) is 67.9. The topological polar surface area (TPSA) is 131 Å². The number of hydrogen-bond donors (Lipinski definition) is 3. The van der Waals surface area contributed by atoms with Gasteiger partial charge in [-0.25, -0.2) is 4.79 Å². The maximum absolute atomic E-state index is 13.2. The van der Waals surface area contributed by atoms with Gasteiger partial charge in [-0.3, -0.25) is 29.4 Å². The van der Waals surface area contributed by atoms with Gasteiger partial charge in [0, 0.05) is 31.2 Å². The molecule has 5 heterocycles. The molecule has 0 aromatic heterocycles. The van der Waals surface area contributed by atoms with Crippen LogP contribution in [0.2, 0.25) is 0 Å². The second kappa shape index (κ2) is 8.33. The summed E-state index contributed by atoms with van der Waals surface area (Å²) in [6, 6.07) is 4.61. The molecule has 6 rings (SSSR count). The number of amides is 6. The summed E-state index contributed by atoms with van der Waals surface area (Å²) in [5.41, 5.74) is 1.35. The zero-order chi connectivity index (χ0) is 24.3. The number of urea groups is 1. The van der Waals surface area contributed by atoms with Crippen molar-refractivity contribution in [2.75, 3.05) is 31.1 Å². The average molecular weight is 481 g/mol. The molecule has 5 aliphatic heterocycles. The molecular weight excluding hydrogens is 452 g/mol. The van der Waals surface area contributed by atoms with Gasteiger partial charge in [-0.1, -0.05) is 0 Å². The van der Waals surface area contributed by atoms with Crippen molar-refractivity contribution in [2.45, 2.75) is 56.3 Å². The number of carbonyl (C=O) groups excluding carboxylic acids is 5. The minimum Gasteiger partial charge on any atom is -0.369 e. The van der Waals surface area contributed by atoms with E-state index in [1.807, 2.05) is 11.0 Å². The summed E-state index contributed by atoms with van der Waals surface area (Å²) < 4.78 is 0. The number of nitrogens with one attached hydrogen (secondary N) is 3. The highest BCUT2D eigenvalue weighted by molar-refractivity contribution is 6.23. The van der Waals surface area contributed by atoms with Crippen molar-refractivity contribution >= 4 is 35.3 Å². The van der Waals surface area contributed by atoms with E-state index in [9.17, 15) is 24.0 Å². The predicted octanol–water partition coefficient (Wildman–Crippen LogP) is -0.188. The highest BCUT2D eigenvalue weighted by atomic mass is 16.2. The van der Waals surface area contributed by atoms with Crippen LogP contribution in [-0.4, -0.2) is 89.8 Å². The highest BCUT2D eigenvalue weighted by Gasteiger charge is 2.47. The Bertz CT molecular complexity index is 1130. The number of rotatable bonds is 3. The third-order valence-corrected chi connectivity index (χ3v) is 7.97. The van der Waals surface area contributed by atoms with Crippen molar-refractivity contribution < 1.29 is 24.0 Å². The molecule has 35 heavy (non-hydrogen) atoms. The summed E-state index contributed by atoms with van der Waals surface area (Å²) >= 11 is 0. The zero-order valence-electron chi connectivity index (χ0n) is 19.3. The van der Waals surface area contributed by atoms with Crippen molar-refractivity contribution in [3.8, 4) is 0 Å². The van der Waals surface area contributed by atoms with E-state index in [0.717, 1.165) is 49.5 Å². The van der Waals surface area contributed by atoms with Gasteiger partial charge in [0.05, 0.1) is 23.2 Å². The molecule has 3 N–H and O–H groups in total. The van der Waals surface area contributed by atoms with Crippen LogP contribution in [0.5, 0.6) is 0 Å². The number of carbonyl (C=O) groups is 5.